The number of nitrogens with one attached hydrogen (secondary N) is 1. The number of hydrogen-bond donors (Lipinski definition) is 1. The van der Waals surface area contributed by atoms with Gasteiger partial charge in [0.25, 0.3) is 0 Å². The Bertz CT molecular complexity index is 771. The maximum atomic E-state index is 11.9. The summed E-state index contributed by atoms with van der Waals surface area (Å²) in [6.07, 6.45) is 4.61. The number of hydrogen-bond acceptors (Lipinski definition) is 5. The van der Waals surface area contributed by atoms with Gasteiger partial charge in [0.2, 0.25) is 5.91 Å². The van der Waals surface area contributed by atoms with E-state index >= 15 is 0 Å². The number of nitrogens with zero attached hydrogens (tertiary/aromatic N) is 3. The Labute approximate surface area is 150 Å². The Kier molecular flexibility index (Phi) is 6.28. The number of amides is 1. The van der Waals surface area contributed by atoms with Crippen molar-refractivity contribution in [3.05, 3.63) is 66.4 Å². The van der Waals surface area contributed by atoms with Crippen LogP contribution in [0.4, 0.5) is 0 Å². The Morgan fingerprint density at radius 2 is 2.08 bits per heavy atom. The first kappa shape index (κ1) is 17.3. The molecule has 0 aliphatic carbocycles. The minimum absolute atomic E-state index is 0.0560. The second-order valence-corrected chi connectivity index (χ2v) is 6.57. The van der Waals surface area contributed by atoms with Crippen molar-refractivity contribution >= 4 is 17.7 Å². The minimum atomic E-state index is 0.0560. The van der Waals surface area contributed by atoms with Gasteiger partial charge in [0.05, 0.1) is 12.8 Å². The molecule has 2 aromatic heterocycles. The van der Waals surface area contributed by atoms with Crippen LogP contribution in [0.3, 0.4) is 0 Å². The molecular weight excluding hydrogens is 336 g/mol. The van der Waals surface area contributed by atoms with Gasteiger partial charge in [-0.25, -0.2) is 0 Å². The first-order valence-electron chi connectivity index (χ1n) is 8.15. The molecule has 0 saturated carbocycles. The summed E-state index contributed by atoms with van der Waals surface area (Å²) in [4.78, 5) is 11.9. The van der Waals surface area contributed by atoms with Gasteiger partial charge in [0, 0.05) is 18.7 Å². The summed E-state index contributed by atoms with van der Waals surface area (Å²) in [6.45, 7) is 1.24. The molecule has 0 aliphatic rings. The third kappa shape index (κ3) is 5.49. The molecule has 0 aliphatic heterocycles. The highest BCUT2D eigenvalue weighted by atomic mass is 32.2. The SMILES string of the molecule is O=C(CCSc1nncn1Cc1ccco1)NCCc1ccccc1. The van der Waals surface area contributed by atoms with Gasteiger partial charge in [-0.05, 0) is 24.1 Å². The van der Waals surface area contributed by atoms with Crippen LogP contribution < -0.4 is 5.32 Å². The van der Waals surface area contributed by atoms with Gasteiger partial charge in [-0.2, -0.15) is 0 Å². The lowest BCUT2D eigenvalue weighted by Gasteiger charge is -2.06. The van der Waals surface area contributed by atoms with E-state index in [1.807, 2.05) is 34.9 Å². The molecule has 7 heteroatoms. The van der Waals surface area contributed by atoms with E-state index in [9.17, 15) is 4.79 Å². The Morgan fingerprint density at radius 3 is 2.88 bits per heavy atom. The van der Waals surface area contributed by atoms with Crippen LogP contribution in [0, 0.1) is 0 Å². The van der Waals surface area contributed by atoms with Crippen molar-refractivity contribution in [3.8, 4) is 0 Å². The van der Waals surface area contributed by atoms with Gasteiger partial charge in [0.15, 0.2) is 5.16 Å². The number of carbonyl (C=O) groups excluding carboxylic acids is 1. The molecule has 1 aromatic carbocycles. The summed E-state index contributed by atoms with van der Waals surface area (Å²) in [5.41, 5.74) is 1.23. The number of carbonyl (C=O) groups is 1. The molecule has 0 bridgehead atoms. The third-order valence-corrected chi connectivity index (χ3v) is 4.61. The van der Waals surface area contributed by atoms with Crippen LogP contribution in [0.5, 0.6) is 0 Å². The molecule has 0 radical (unpaired) electrons. The molecule has 0 atom stereocenters. The normalized spacial score (nSPS) is 10.7. The molecule has 1 amide bonds. The van der Waals surface area contributed by atoms with E-state index in [0.29, 0.717) is 25.3 Å². The lowest BCUT2D eigenvalue weighted by atomic mass is 10.1. The predicted octanol–water partition coefficient (Wildman–Crippen LogP) is 2.76. The Balaban J connectivity index is 1.36. The average Bonchev–Trinajstić information content (AvgIpc) is 3.29. The van der Waals surface area contributed by atoms with E-state index in [-0.39, 0.29) is 5.91 Å². The van der Waals surface area contributed by atoms with Gasteiger partial charge in [0.1, 0.15) is 12.1 Å². The van der Waals surface area contributed by atoms with Crippen LogP contribution in [-0.2, 0) is 17.8 Å². The van der Waals surface area contributed by atoms with Crippen LogP contribution in [-0.4, -0.2) is 33.0 Å². The first-order valence-corrected chi connectivity index (χ1v) is 9.13. The number of furan rings is 1. The molecule has 0 fully saturated rings. The van der Waals surface area contributed by atoms with E-state index < -0.39 is 0 Å². The highest BCUT2D eigenvalue weighted by Gasteiger charge is 2.08. The Hall–Kier alpha value is -2.54. The zero-order valence-electron chi connectivity index (χ0n) is 13.8. The van der Waals surface area contributed by atoms with E-state index in [4.69, 9.17) is 4.42 Å². The van der Waals surface area contributed by atoms with Crippen molar-refractivity contribution in [1.82, 2.24) is 20.1 Å². The topological polar surface area (TPSA) is 73.0 Å². The number of thioether (sulfide) groups is 1. The quantitative estimate of drug-likeness (QED) is 0.597. The van der Waals surface area contributed by atoms with Crippen molar-refractivity contribution in [2.24, 2.45) is 0 Å². The maximum Gasteiger partial charge on any atom is 0.220 e. The van der Waals surface area contributed by atoms with Gasteiger partial charge in [-0.3, -0.25) is 4.79 Å². The van der Waals surface area contributed by atoms with Crippen molar-refractivity contribution in [2.45, 2.75) is 24.5 Å². The summed E-state index contributed by atoms with van der Waals surface area (Å²) in [6, 6.07) is 13.9. The molecule has 0 spiro atoms. The van der Waals surface area contributed by atoms with Crippen molar-refractivity contribution in [1.29, 1.82) is 0 Å². The summed E-state index contributed by atoms with van der Waals surface area (Å²) >= 11 is 1.52. The molecule has 6 nitrogen and oxygen atoms in total. The average molecular weight is 356 g/mol. The van der Waals surface area contributed by atoms with E-state index in [2.05, 4.69) is 27.6 Å². The van der Waals surface area contributed by atoms with Crippen LogP contribution in [0.2, 0.25) is 0 Å². The Morgan fingerprint density at radius 1 is 1.20 bits per heavy atom. The third-order valence-electron chi connectivity index (χ3n) is 3.63. The fraction of sp³-hybridized carbons (Fsp3) is 0.278. The van der Waals surface area contributed by atoms with Gasteiger partial charge < -0.3 is 14.3 Å². The van der Waals surface area contributed by atoms with Gasteiger partial charge in [-0.1, -0.05) is 42.1 Å². The lowest BCUT2D eigenvalue weighted by Crippen LogP contribution is -2.25. The lowest BCUT2D eigenvalue weighted by molar-refractivity contribution is -0.120. The minimum Gasteiger partial charge on any atom is -0.467 e. The number of aromatic nitrogens is 3. The van der Waals surface area contributed by atoms with Crippen LogP contribution in [0.1, 0.15) is 17.7 Å². The van der Waals surface area contributed by atoms with Crippen LogP contribution >= 0.6 is 11.8 Å². The summed E-state index contributed by atoms with van der Waals surface area (Å²) in [7, 11) is 0. The van der Waals surface area contributed by atoms with E-state index in [1.54, 1.807) is 12.6 Å². The fourth-order valence-corrected chi connectivity index (χ4v) is 3.20. The zero-order valence-corrected chi connectivity index (χ0v) is 14.6. The van der Waals surface area contributed by atoms with Gasteiger partial charge in [-0.15, -0.1) is 10.2 Å². The molecule has 25 heavy (non-hydrogen) atoms. The van der Waals surface area contributed by atoms with Crippen molar-refractivity contribution < 1.29 is 9.21 Å². The molecule has 3 aromatic rings. The molecular formula is C18H20N4O2S. The van der Waals surface area contributed by atoms with Gasteiger partial charge >= 0.3 is 0 Å². The summed E-state index contributed by atoms with van der Waals surface area (Å²) in [5.74, 6) is 1.56. The summed E-state index contributed by atoms with van der Waals surface area (Å²) in [5, 5.41) is 11.8. The molecule has 0 saturated heterocycles. The number of rotatable bonds is 9. The van der Waals surface area contributed by atoms with Crippen LogP contribution in [0.15, 0.2) is 64.6 Å². The first-order chi connectivity index (χ1) is 12.3. The van der Waals surface area contributed by atoms with E-state index in [0.717, 1.165) is 17.3 Å². The maximum absolute atomic E-state index is 11.9. The van der Waals surface area contributed by atoms with Crippen molar-refractivity contribution in [2.75, 3.05) is 12.3 Å². The van der Waals surface area contributed by atoms with E-state index in [1.165, 1.54) is 17.3 Å². The molecule has 1 N–H and O–H groups in total. The second kappa shape index (κ2) is 9.08. The molecule has 2 heterocycles. The molecule has 3 rings (SSSR count). The standard InChI is InChI=1S/C18H20N4O2S/c23-17(19-10-8-15-5-2-1-3-6-15)9-12-25-18-21-20-14-22(18)13-16-7-4-11-24-16/h1-7,11,14H,8-10,12-13H2,(H,19,23). The largest absolute Gasteiger partial charge is 0.467 e. The monoisotopic (exact) mass is 356 g/mol. The fourth-order valence-electron chi connectivity index (χ4n) is 2.35. The second-order valence-electron chi connectivity index (χ2n) is 5.50. The highest BCUT2D eigenvalue weighted by Crippen LogP contribution is 2.17. The zero-order chi connectivity index (χ0) is 17.3. The van der Waals surface area contributed by atoms with Crippen LogP contribution in [0.25, 0.3) is 0 Å². The highest BCUT2D eigenvalue weighted by molar-refractivity contribution is 7.99. The molecule has 130 valence electrons. The van der Waals surface area contributed by atoms with Crippen molar-refractivity contribution in [3.63, 3.8) is 0 Å². The smallest absolute Gasteiger partial charge is 0.220 e. The molecule has 0 unspecified atom stereocenters. The summed E-state index contributed by atoms with van der Waals surface area (Å²) < 4.78 is 7.25. The predicted molar refractivity (Wildman–Crippen MR) is 96.3 cm³/mol. The number of benzene rings is 1.